The van der Waals surface area contributed by atoms with E-state index in [1.165, 1.54) is 36.8 Å². The number of hydrogen-bond acceptors (Lipinski definition) is 4. The van der Waals surface area contributed by atoms with E-state index in [-0.39, 0.29) is 0 Å². The van der Waals surface area contributed by atoms with E-state index in [0.29, 0.717) is 12.0 Å². The monoisotopic (exact) mass is 352 g/mol. The third-order valence-corrected chi connectivity index (χ3v) is 6.27. The Bertz CT molecular complexity index is 734. The van der Waals surface area contributed by atoms with Crippen molar-refractivity contribution in [1.82, 2.24) is 10.3 Å². The fraction of sp³-hybridized carbons (Fsp3) is 0.500. The third kappa shape index (κ3) is 3.18. The van der Waals surface area contributed by atoms with Crippen LogP contribution in [0.5, 0.6) is 11.5 Å². The molecule has 4 nitrogen and oxygen atoms in total. The largest absolute Gasteiger partial charge is 0.493 e. The highest BCUT2D eigenvalue weighted by atomic mass is 16.5. The Morgan fingerprint density at radius 3 is 2.42 bits per heavy atom. The molecule has 0 amide bonds. The van der Waals surface area contributed by atoms with Gasteiger partial charge in [0.2, 0.25) is 0 Å². The molecule has 1 heterocycles. The van der Waals surface area contributed by atoms with Crippen LogP contribution in [-0.2, 0) is 6.54 Å². The number of nitrogens with zero attached hydrogens (tertiary/aromatic N) is 1. The zero-order valence-electron chi connectivity index (χ0n) is 15.7. The molecule has 138 valence electrons. The second kappa shape index (κ2) is 7.67. The number of benzene rings is 1. The van der Waals surface area contributed by atoms with Gasteiger partial charge >= 0.3 is 0 Å². The minimum Gasteiger partial charge on any atom is -0.493 e. The first-order chi connectivity index (χ1) is 12.8. The number of nitrogens with one attached hydrogen (secondary N) is 1. The van der Waals surface area contributed by atoms with Gasteiger partial charge in [0, 0.05) is 30.9 Å². The van der Waals surface area contributed by atoms with E-state index >= 15 is 0 Å². The van der Waals surface area contributed by atoms with E-state index in [9.17, 15) is 0 Å². The van der Waals surface area contributed by atoms with Crippen LogP contribution in [0.4, 0.5) is 0 Å². The van der Waals surface area contributed by atoms with E-state index in [4.69, 9.17) is 9.47 Å². The summed E-state index contributed by atoms with van der Waals surface area (Å²) in [7, 11) is 3.40. The van der Waals surface area contributed by atoms with Crippen LogP contribution in [0.3, 0.4) is 0 Å². The number of pyridine rings is 1. The van der Waals surface area contributed by atoms with Gasteiger partial charge in [0.1, 0.15) is 0 Å². The maximum absolute atomic E-state index is 5.54. The summed E-state index contributed by atoms with van der Waals surface area (Å²) in [4.78, 5) is 4.12. The summed E-state index contributed by atoms with van der Waals surface area (Å²) >= 11 is 0. The van der Waals surface area contributed by atoms with Crippen LogP contribution in [0.2, 0.25) is 0 Å². The Morgan fingerprint density at radius 1 is 0.962 bits per heavy atom. The number of fused-ring (bicyclic) bond motifs is 1. The van der Waals surface area contributed by atoms with E-state index in [2.05, 4.69) is 34.6 Å². The van der Waals surface area contributed by atoms with Crippen LogP contribution in [-0.4, -0.2) is 25.2 Å². The van der Waals surface area contributed by atoms with Gasteiger partial charge in [-0.3, -0.25) is 4.98 Å². The highest BCUT2D eigenvalue weighted by molar-refractivity contribution is 5.45. The van der Waals surface area contributed by atoms with E-state index in [1.807, 2.05) is 18.5 Å². The molecule has 4 rings (SSSR count). The summed E-state index contributed by atoms with van der Waals surface area (Å²) in [6.07, 6.45) is 9.16. The SMILES string of the molecule is COc1ccc([C@H]2[C@H]3CCCC[C@@H]3[C@@H]2NCc2ccncc2)cc1OC. The van der Waals surface area contributed by atoms with Crippen molar-refractivity contribution in [2.24, 2.45) is 11.8 Å². The van der Waals surface area contributed by atoms with Crippen molar-refractivity contribution in [3.8, 4) is 11.5 Å². The van der Waals surface area contributed by atoms with Crippen LogP contribution in [0.1, 0.15) is 42.7 Å². The Labute approximate surface area is 155 Å². The molecule has 2 aromatic rings. The topological polar surface area (TPSA) is 43.4 Å². The fourth-order valence-corrected chi connectivity index (χ4v) is 5.00. The zero-order valence-corrected chi connectivity index (χ0v) is 15.7. The molecule has 0 radical (unpaired) electrons. The number of aromatic nitrogens is 1. The maximum atomic E-state index is 5.54. The van der Waals surface area contributed by atoms with Gasteiger partial charge in [-0.15, -0.1) is 0 Å². The number of hydrogen-bond donors (Lipinski definition) is 1. The van der Waals surface area contributed by atoms with Crippen molar-refractivity contribution in [1.29, 1.82) is 0 Å². The molecular formula is C22H28N2O2. The lowest BCUT2D eigenvalue weighted by molar-refractivity contribution is 0.0253. The van der Waals surface area contributed by atoms with Gasteiger partial charge in [-0.1, -0.05) is 18.9 Å². The van der Waals surface area contributed by atoms with Gasteiger partial charge in [-0.2, -0.15) is 0 Å². The molecule has 26 heavy (non-hydrogen) atoms. The second-order valence-corrected chi connectivity index (χ2v) is 7.51. The fourth-order valence-electron chi connectivity index (χ4n) is 5.00. The smallest absolute Gasteiger partial charge is 0.160 e. The number of rotatable bonds is 6. The summed E-state index contributed by atoms with van der Waals surface area (Å²) in [5, 5.41) is 3.85. The molecule has 2 saturated carbocycles. The van der Waals surface area contributed by atoms with Crippen LogP contribution < -0.4 is 14.8 Å². The van der Waals surface area contributed by atoms with E-state index in [1.54, 1.807) is 14.2 Å². The second-order valence-electron chi connectivity index (χ2n) is 7.51. The van der Waals surface area contributed by atoms with E-state index < -0.39 is 0 Å². The molecule has 4 atom stereocenters. The van der Waals surface area contributed by atoms with Crippen LogP contribution in [0, 0.1) is 11.8 Å². The lowest BCUT2D eigenvalue weighted by Crippen LogP contribution is -2.57. The lowest BCUT2D eigenvalue weighted by atomic mass is 9.53. The molecular weight excluding hydrogens is 324 g/mol. The first-order valence-corrected chi connectivity index (χ1v) is 9.66. The van der Waals surface area contributed by atoms with Crippen molar-refractivity contribution in [2.75, 3.05) is 14.2 Å². The third-order valence-electron chi connectivity index (χ3n) is 6.27. The predicted molar refractivity (Wildman–Crippen MR) is 103 cm³/mol. The average molecular weight is 352 g/mol. The van der Waals surface area contributed by atoms with Crippen LogP contribution in [0.25, 0.3) is 0 Å². The maximum Gasteiger partial charge on any atom is 0.160 e. The van der Waals surface area contributed by atoms with Crippen molar-refractivity contribution >= 4 is 0 Å². The van der Waals surface area contributed by atoms with Gasteiger partial charge in [0.25, 0.3) is 0 Å². The molecule has 1 N–H and O–H groups in total. The van der Waals surface area contributed by atoms with Crippen molar-refractivity contribution in [3.63, 3.8) is 0 Å². The molecule has 0 bridgehead atoms. The van der Waals surface area contributed by atoms with Crippen molar-refractivity contribution < 1.29 is 9.47 Å². The standard InChI is InChI=1S/C22H28N2O2/c1-25-19-8-7-16(13-20(19)26-2)21-17-5-3-4-6-18(17)22(21)24-14-15-9-11-23-12-10-15/h7-13,17-18,21-22,24H,3-6,14H2,1-2H3/t17-,18-,21-,22-/m0/s1. The van der Waals surface area contributed by atoms with E-state index in [0.717, 1.165) is 29.9 Å². The Balaban J connectivity index is 1.55. The van der Waals surface area contributed by atoms with Crippen LogP contribution in [0.15, 0.2) is 42.7 Å². The molecule has 2 aliphatic carbocycles. The lowest BCUT2D eigenvalue weighted by Gasteiger charge is -2.55. The molecule has 0 saturated heterocycles. The highest BCUT2D eigenvalue weighted by Crippen LogP contribution is 2.55. The zero-order chi connectivity index (χ0) is 17.9. The summed E-state index contributed by atoms with van der Waals surface area (Å²) in [6, 6.07) is 11.2. The summed E-state index contributed by atoms with van der Waals surface area (Å²) in [6.45, 7) is 0.903. The highest BCUT2D eigenvalue weighted by Gasteiger charge is 2.51. The van der Waals surface area contributed by atoms with Crippen molar-refractivity contribution in [3.05, 3.63) is 53.9 Å². The molecule has 4 heteroatoms. The van der Waals surface area contributed by atoms with Crippen LogP contribution >= 0.6 is 0 Å². The Kier molecular flexibility index (Phi) is 5.11. The minimum absolute atomic E-state index is 0.534. The van der Waals surface area contributed by atoms with Crippen molar-refractivity contribution in [2.45, 2.75) is 44.2 Å². The van der Waals surface area contributed by atoms with Gasteiger partial charge in [-0.25, -0.2) is 0 Å². The molecule has 0 unspecified atom stereocenters. The average Bonchev–Trinajstić information content (AvgIpc) is 2.69. The normalized spacial score (nSPS) is 27.3. The Hall–Kier alpha value is -2.07. The summed E-state index contributed by atoms with van der Waals surface area (Å²) in [5.74, 6) is 3.77. The molecule has 1 aromatic carbocycles. The van der Waals surface area contributed by atoms with Gasteiger partial charge in [0.15, 0.2) is 11.5 Å². The van der Waals surface area contributed by atoms with Gasteiger partial charge in [-0.05, 0) is 60.1 Å². The molecule has 2 fully saturated rings. The molecule has 2 aliphatic rings. The number of methoxy groups -OCH3 is 2. The molecule has 0 spiro atoms. The molecule has 1 aromatic heterocycles. The minimum atomic E-state index is 0.534. The summed E-state index contributed by atoms with van der Waals surface area (Å²) < 4.78 is 11.0. The van der Waals surface area contributed by atoms with Gasteiger partial charge < -0.3 is 14.8 Å². The van der Waals surface area contributed by atoms with Gasteiger partial charge in [0.05, 0.1) is 14.2 Å². The Morgan fingerprint density at radius 2 is 1.69 bits per heavy atom. The molecule has 0 aliphatic heterocycles. The summed E-state index contributed by atoms with van der Waals surface area (Å²) in [5.41, 5.74) is 2.67. The number of ether oxygens (including phenoxy) is 2. The predicted octanol–water partition coefficient (Wildman–Crippen LogP) is 4.16. The first-order valence-electron chi connectivity index (χ1n) is 9.66. The first kappa shape index (κ1) is 17.3. The quantitative estimate of drug-likeness (QED) is 0.848.